The first-order valence-electron chi connectivity index (χ1n) is 5.65. The lowest BCUT2D eigenvalue weighted by molar-refractivity contribution is 0.407. The Morgan fingerprint density at radius 3 is 2.47 bits per heavy atom. The van der Waals surface area contributed by atoms with Gasteiger partial charge in [0.25, 0.3) is 0 Å². The second-order valence-corrected chi connectivity index (χ2v) is 4.42. The van der Waals surface area contributed by atoms with Crippen LogP contribution in [-0.4, -0.2) is 20.2 Å². The number of rotatable bonds is 3. The summed E-state index contributed by atoms with van der Waals surface area (Å²) in [6.45, 7) is 6.76. The average molecular weight is 205 g/mol. The Balaban J connectivity index is 2.29. The molecule has 0 atom stereocenters. The lowest BCUT2D eigenvalue weighted by Gasteiger charge is -2.33. The van der Waals surface area contributed by atoms with Crippen molar-refractivity contribution in [3.8, 4) is 5.75 Å². The highest BCUT2D eigenvalue weighted by Crippen LogP contribution is 2.32. The summed E-state index contributed by atoms with van der Waals surface area (Å²) in [5, 5.41) is 0. The van der Waals surface area contributed by atoms with Crippen LogP contribution < -0.4 is 9.64 Å². The van der Waals surface area contributed by atoms with Crippen LogP contribution in [0.2, 0.25) is 0 Å². The van der Waals surface area contributed by atoms with E-state index in [9.17, 15) is 0 Å². The van der Waals surface area contributed by atoms with Crippen molar-refractivity contribution in [3.63, 3.8) is 0 Å². The fraction of sp³-hybridized carbons (Fsp3) is 0.538. The van der Waals surface area contributed by atoms with Crippen LogP contribution in [0.5, 0.6) is 5.75 Å². The SMILES string of the molecule is COc1cc(N2CCC2)ccc1C(C)C. The molecule has 1 aliphatic rings. The average Bonchev–Trinajstić information content (AvgIpc) is 2.14. The number of benzene rings is 1. The summed E-state index contributed by atoms with van der Waals surface area (Å²) in [5.74, 6) is 1.54. The third-order valence-electron chi connectivity index (χ3n) is 3.06. The second kappa shape index (κ2) is 4.13. The molecule has 0 saturated carbocycles. The standard InChI is InChI=1S/C13H19NO/c1-10(2)12-6-5-11(9-13(12)15-3)14-7-4-8-14/h5-6,9-10H,4,7-8H2,1-3H3. The van der Waals surface area contributed by atoms with E-state index in [0.717, 1.165) is 5.75 Å². The third kappa shape index (κ3) is 1.94. The molecule has 2 heteroatoms. The van der Waals surface area contributed by atoms with Crippen molar-refractivity contribution in [2.75, 3.05) is 25.1 Å². The molecular weight excluding hydrogens is 186 g/mol. The lowest BCUT2D eigenvalue weighted by atomic mass is 10.0. The predicted octanol–water partition coefficient (Wildman–Crippen LogP) is 3.03. The zero-order valence-corrected chi connectivity index (χ0v) is 9.79. The minimum absolute atomic E-state index is 0.519. The Labute approximate surface area is 91.9 Å². The van der Waals surface area contributed by atoms with E-state index in [4.69, 9.17) is 4.74 Å². The molecule has 1 saturated heterocycles. The van der Waals surface area contributed by atoms with Crippen molar-refractivity contribution < 1.29 is 4.74 Å². The number of anilines is 1. The summed E-state index contributed by atoms with van der Waals surface area (Å²) in [7, 11) is 1.75. The van der Waals surface area contributed by atoms with Crippen molar-refractivity contribution >= 4 is 5.69 Å². The van der Waals surface area contributed by atoms with Crippen LogP contribution in [0.1, 0.15) is 31.7 Å². The van der Waals surface area contributed by atoms with Gasteiger partial charge in [-0.1, -0.05) is 19.9 Å². The molecule has 0 N–H and O–H groups in total. The maximum Gasteiger partial charge on any atom is 0.124 e. The van der Waals surface area contributed by atoms with Gasteiger partial charge >= 0.3 is 0 Å². The topological polar surface area (TPSA) is 12.5 Å². The minimum atomic E-state index is 0.519. The van der Waals surface area contributed by atoms with Gasteiger partial charge in [0.2, 0.25) is 0 Å². The molecule has 2 nitrogen and oxygen atoms in total. The molecule has 0 spiro atoms. The van der Waals surface area contributed by atoms with E-state index in [1.807, 2.05) is 0 Å². The third-order valence-corrected chi connectivity index (χ3v) is 3.06. The molecule has 0 unspecified atom stereocenters. The van der Waals surface area contributed by atoms with E-state index in [1.54, 1.807) is 7.11 Å². The van der Waals surface area contributed by atoms with Crippen molar-refractivity contribution in [2.24, 2.45) is 0 Å². The highest BCUT2D eigenvalue weighted by Gasteiger charge is 2.16. The maximum absolute atomic E-state index is 5.44. The van der Waals surface area contributed by atoms with Gasteiger partial charge in [0, 0.05) is 24.8 Å². The lowest BCUT2D eigenvalue weighted by Crippen LogP contribution is -2.36. The van der Waals surface area contributed by atoms with E-state index in [-0.39, 0.29) is 0 Å². The Morgan fingerprint density at radius 2 is 2.00 bits per heavy atom. The summed E-state index contributed by atoms with van der Waals surface area (Å²) < 4.78 is 5.44. The summed E-state index contributed by atoms with van der Waals surface area (Å²) in [5.41, 5.74) is 2.59. The van der Waals surface area contributed by atoms with E-state index >= 15 is 0 Å². The summed E-state index contributed by atoms with van der Waals surface area (Å²) in [6.07, 6.45) is 1.31. The zero-order chi connectivity index (χ0) is 10.8. The monoisotopic (exact) mass is 205 g/mol. The van der Waals surface area contributed by atoms with Gasteiger partial charge in [-0.15, -0.1) is 0 Å². The minimum Gasteiger partial charge on any atom is -0.496 e. The quantitative estimate of drug-likeness (QED) is 0.752. The molecule has 82 valence electrons. The molecular formula is C13H19NO. The van der Waals surface area contributed by atoms with Gasteiger partial charge in [0.05, 0.1) is 7.11 Å². The highest BCUT2D eigenvalue weighted by atomic mass is 16.5. The van der Waals surface area contributed by atoms with Crippen molar-refractivity contribution in [3.05, 3.63) is 23.8 Å². The second-order valence-electron chi connectivity index (χ2n) is 4.42. The Hall–Kier alpha value is -1.18. The molecule has 0 bridgehead atoms. The molecule has 2 rings (SSSR count). The first-order valence-corrected chi connectivity index (χ1v) is 5.65. The molecule has 0 aliphatic carbocycles. The van der Waals surface area contributed by atoms with Gasteiger partial charge in [0.1, 0.15) is 5.75 Å². The van der Waals surface area contributed by atoms with Gasteiger partial charge in [-0.3, -0.25) is 0 Å². The first kappa shape index (κ1) is 10.3. The molecule has 1 aromatic rings. The van der Waals surface area contributed by atoms with Crippen LogP contribution >= 0.6 is 0 Å². The van der Waals surface area contributed by atoms with Crippen LogP contribution in [0.4, 0.5) is 5.69 Å². The van der Waals surface area contributed by atoms with Crippen LogP contribution in [0.15, 0.2) is 18.2 Å². The summed E-state index contributed by atoms with van der Waals surface area (Å²) >= 11 is 0. The summed E-state index contributed by atoms with van der Waals surface area (Å²) in [6, 6.07) is 6.56. The zero-order valence-electron chi connectivity index (χ0n) is 9.79. The van der Waals surface area contributed by atoms with E-state index in [1.165, 1.54) is 30.8 Å². The fourth-order valence-electron chi connectivity index (χ4n) is 1.95. The Morgan fingerprint density at radius 1 is 1.27 bits per heavy atom. The van der Waals surface area contributed by atoms with E-state index < -0.39 is 0 Å². The maximum atomic E-state index is 5.44. The van der Waals surface area contributed by atoms with Crippen molar-refractivity contribution in [2.45, 2.75) is 26.2 Å². The van der Waals surface area contributed by atoms with Gasteiger partial charge in [0.15, 0.2) is 0 Å². The number of hydrogen-bond donors (Lipinski definition) is 0. The molecule has 1 aliphatic heterocycles. The predicted molar refractivity (Wildman–Crippen MR) is 63.9 cm³/mol. The van der Waals surface area contributed by atoms with Crippen molar-refractivity contribution in [1.82, 2.24) is 0 Å². The first-order chi connectivity index (χ1) is 7.22. The Bertz CT molecular complexity index is 342. The largest absolute Gasteiger partial charge is 0.496 e. The van der Waals surface area contributed by atoms with Gasteiger partial charge < -0.3 is 9.64 Å². The van der Waals surface area contributed by atoms with E-state index in [0.29, 0.717) is 5.92 Å². The fourth-order valence-corrected chi connectivity index (χ4v) is 1.95. The number of methoxy groups -OCH3 is 1. The molecule has 1 aromatic carbocycles. The van der Waals surface area contributed by atoms with Crippen molar-refractivity contribution in [1.29, 1.82) is 0 Å². The molecule has 0 radical (unpaired) electrons. The number of ether oxygens (including phenoxy) is 1. The summed E-state index contributed by atoms with van der Waals surface area (Å²) in [4.78, 5) is 2.38. The van der Waals surface area contributed by atoms with Gasteiger partial charge in [-0.2, -0.15) is 0 Å². The van der Waals surface area contributed by atoms with Crippen LogP contribution in [0.3, 0.4) is 0 Å². The van der Waals surface area contributed by atoms with Gasteiger partial charge in [-0.05, 0) is 24.0 Å². The molecule has 15 heavy (non-hydrogen) atoms. The van der Waals surface area contributed by atoms with Crippen LogP contribution in [0.25, 0.3) is 0 Å². The molecule has 0 aromatic heterocycles. The Kier molecular flexibility index (Phi) is 2.85. The highest BCUT2D eigenvalue weighted by molar-refractivity contribution is 5.55. The van der Waals surface area contributed by atoms with Crippen LogP contribution in [-0.2, 0) is 0 Å². The van der Waals surface area contributed by atoms with Gasteiger partial charge in [-0.25, -0.2) is 0 Å². The molecule has 1 fully saturated rings. The number of hydrogen-bond acceptors (Lipinski definition) is 2. The molecule has 0 amide bonds. The normalized spacial score (nSPS) is 15.3. The smallest absolute Gasteiger partial charge is 0.124 e. The van der Waals surface area contributed by atoms with Crippen LogP contribution in [0, 0.1) is 0 Å². The van der Waals surface area contributed by atoms with E-state index in [2.05, 4.69) is 36.9 Å². The number of nitrogens with zero attached hydrogens (tertiary/aromatic N) is 1. The molecule has 1 heterocycles.